The lowest BCUT2D eigenvalue weighted by atomic mass is 9.92. The summed E-state index contributed by atoms with van der Waals surface area (Å²) in [7, 11) is 0. The molecule has 2 aliphatic heterocycles. The Hall–Kier alpha value is -3.19. The van der Waals surface area contributed by atoms with Crippen molar-refractivity contribution in [2.45, 2.75) is 18.6 Å². The first-order valence-electron chi connectivity index (χ1n) is 11.4. The van der Waals surface area contributed by atoms with Crippen molar-refractivity contribution in [2.75, 3.05) is 19.8 Å². The zero-order chi connectivity index (χ0) is 23.9. The summed E-state index contributed by atoms with van der Waals surface area (Å²) in [5, 5.41) is 2.34. The van der Waals surface area contributed by atoms with Gasteiger partial charge in [-0.3, -0.25) is 4.90 Å². The molecular formula is C27H22Cl2N2O4. The van der Waals surface area contributed by atoms with Crippen LogP contribution in [0.5, 0.6) is 11.5 Å². The van der Waals surface area contributed by atoms with Crippen LogP contribution in [0, 0.1) is 0 Å². The van der Waals surface area contributed by atoms with Crippen LogP contribution >= 0.6 is 23.2 Å². The highest BCUT2D eigenvalue weighted by Gasteiger charge is 2.36. The molecule has 3 heterocycles. The average Bonchev–Trinajstić information content (AvgIpc) is 3.63. The highest BCUT2D eigenvalue weighted by atomic mass is 35.5. The monoisotopic (exact) mass is 508 g/mol. The Morgan fingerprint density at radius 2 is 1.71 bits per heavy atom. The van der Waals surface area contributed by atoms with E-state index in [9.17, 15) is 4.79 Å². The molecule has 1 saturated heterocycles. The number of carbonyl (C=O) groups is 1. The Morgan fingerprint density at radius 3 is 2.46 bits per heavy atom. The summed E-state index contributed by atoms with van der Waals surface area (Å²) in [5.41, 5.74) is 4.06. The summed E-state index contributed by atoms with van der Waals surface area (Å²) >= 11 is 12.3. The number of hydrogen-bond acceptors (Lipinski definition) is 4. The molecule has 3 aromatic carbocycles. The molecule has 1 aromatic heterocycles. The van der Waals surface area contributed by atoms with Gasteiger partial charge in [0.15, 0.2) is 0 Å². The van der Waals surface area contributed by atoms with Crippen molar-refractivity contribution in [1.82, 2.24) is 9.88 Å². The normalized spacial score (nSPS) is 18.9. The number of benzene rings is 3. The molecule has 35 heavy (non-hydrogen) atoms. The van der Waals surface area contributed by atoms with Gasteiger partial charge in [0.2, 0.25) is 0 Å². The van der Waals surface area contributed by atoms with Gasteiger partial charge in [0.1, 0.15) is 30.3 Å². The van der Waals surface area contributed by atoms with Gasteiger partial charge in [-0.05, 0) is 72.1 Å². The smallest absolute Gasteiger partial charge is 0.416 e. The minimum Gasteiger partial charge on any atom is -0.491 e. The number of nitrogens with one attached hydrogen (secondary N) is 1. The van der Waals surface area contributed by atoms with Gasteiger partial charge in [0, 0.05) is 33.2 Å². The molecule has 0 bridgehead atoms. The highest BCUT2D eigenvalue weighted by Crippen LogP contribution is 2.40. The fourth-order valence-electron chi connectivity index (χ4n) is 4.57. The Kier molecular flexibility index (Phi) is 5.80. The topological polar surface area (TPSA) is 67.1 Å². The number of amides is 1. The van der Waals surface area contributed by atoms with Gasteiger partial charge in [0.25, 0.3) is 0 Å². The maximum Gasteiger partial charge on any atom is 0.416 e. The van der Waals surface area contributed by atoms with Crippen LogP contribution in [0.2, 0.25) is 10.0 Å². The number of halogens is 2. The molecule has 6 nitrogen and oxygen atoms in total. The lowest BCUT2D eigenvalue weighted by Gasteiger charge is -2.35. The molecule has 8 heteroatoms. The maximum absolute atomic E-state index is 13.4. The first-order chi connectivity index (χ1) is 17.0. The minimum absolute atomic E-state index is 0.187. The standard InChI is InChI=1S/C27H22Cl2N2O4/c28-17-3-8-20(9-4-17)35-27(32)31-12-11-22-23-13-18(29)5-10-24(23)30-25(22)26(31)16-1-6-19(7-2-16)33-14-21-15-34-21/h1-10,13,21,26,30H,11-12,14-15H2/t21-,26?/m0/s1. The number of aromatic nitrogens is 1. The van der Waals surface area contributed by atoms with E-state index in [0.717, 1.165) is 40.1 Å². The average molecular weight is 509 g/mol. The van der Waals surface area contributed by atoms with Crippen LogP contribution in [0.25, 0.3) is 10.9 Å². The van der Waals surface area contributed by atoms with E-state index < -0.39 is 6.09 Å². The third-order valence-corrected chi connectivity index (χ3v) is 6.86. The second kappa shape index (κ2) is 9.11. The number of ether oxygens (including phenoxy) is 3. The molecule has 0 spiro atoms. The third kappa shape index (κ3) is 4.57. The largest absolute Gasteiger partial charge is 0.491 e. The number of fused-ring (bicyclic) bond motifs is 3. The van der Waals surface area contributed by atoms with Crippen molar-refractivity contribution in [3.8, 4) is 11.5 Å². The highest BCUT2D eigenvalue weighted by molar-refractivity contribution is 6.31. The van der Waals surface area contributed by atoms with Gasteiger partial charge >= 0.3 is 6.09 Å². The summed E-state index contributed by atoms with van der Waals surface area (Å²) < 4.78 is 16.7. The number of nitrogens with zero attached hydrogens (tertiary/aromatic N) is 1. The number of epoxide rings is 1. The van der Waals surface area contributed by atoms with Gasteiger partial charge in [-0.1, -0.05) is 35.3 Å². The van der Waals surface area contributed by atoms with Crippen LogP contribution in [0.4, 0.5) is 4.79 Å². The quantitative estimate of drug-likeness (QED) is 0.316. The van der Waals surface area contributed by atoms with Crippen LogP contribution in [0.15, 0.2) is 66.7 Å². The van der Waals surface area contributed by atoms with Gasteiger partial charge in [-0.2, -0.15) is 0 Å². The van der Waals surface area contributed by atoms with E-state index in [4.69, 9.17) is 37.4 Å². The summed E-state index contributed by atoms with van der Waals surface area (Å²) in [6, 6.07) is 20.1. The van der Waals surface area contributed by atoms with Crippen molar-refractivity contribution >= 4 is 40.2 Å². The molecule has 1 unspecified atom stereocenters. The third-order valence-electron chi connectivity index (χ3n) is 6.38. The van der Waals surface area contributed by atoms with E-state index >= 15 is 0 Å². The van der Waals surface area contributed by atoms with E-state index in [1.54, 1.807) is 29.2 Å². The Balaban J connectivity index is 1.35. The molecule has 2 aliphatic rings. The number of H-pyrrole nitrogens is 1. The van der Waals surface area contributed by atoms with Crippen LogP contribution in [-0.2, 0) is 11.2 Å². The molecule has 178 valence electrons. The molecule has 0 saturated carbocycles. The van der Waals surface area contributed by atoms with Gasteiger partial charge in [-0.15, -0.1) is 0 Å². The van der Waals surface area contributed by atoms with Crippen LogP contribution in [0.1, 0.15) is 22.9 Å². The Labute approximate surface area is 212 Å². The van der Waals surface area contributed by atoms with Crippen molar-refractivity contribution in [1.29, 1.82) is 0 Å². The summed E-state index contributed by atoms with van der Waals surface area (Å²) in [4.78, 5) is 18.7. The molecule has 1 amide bonds. The lowest BCUT2D eigenvalue weighted by Crippen LogP contribution is -2.42. The predicted molar refractivity (Wildman–Crippen MR) is 135 cm³/mol. The minimum atomic E-state index is -0.425. The van der Waals surface area contributed by atoms with Gasteiger partial charge < -0.3 is 19.2 Å². The van der Waals surface area contributed by atoms with Gasteiger partial charge in [0.05, 0.1) is 6.61 Å². The molecule has 0 aliphatic carbocycles. The van der Waals surface area contributed by atoms with Crippen molar-refractivity contribution in [3.05, 3.63) is 93.6 Å². The first-order valence-corrected chi connectivity index (χ1v) is 12.2. The number of aromatic amines is 1. The number of hydrogen-bond donors (Lipinski definition) is 1. The fraction of sp³-hybridized carbons (Fsp3) is 0.222. The SMILES string of the molecule is O=C(Oc1ccc(Cl)cc1)N1CCc2c([nH]c3ccc(Cl)cc23)C1c1ccc(OC[C@H]2CO2)cc1. The predicted octanol–water partition coefficient (Wildman–Crippen LogP) is 6.40. The molecule has 1 N–H and O–H groups in total. The molecule has 4 aromatic rings. The van der Waals surface area contributed by atoms with Crippen LogP contribution in [-0.4, -0.2) is 41.8 Å². The van der Waals surface area contributed by atoms with E-state index in [-0.39, 0.29) is 12.1 Å². The van der Waals surface area contributed by atoms with Crippen molar-refractivity contribution in [2.24, 2.45) is 0 Å². The van der Waals surface area contributed by atoms with Gasteiger partial charge in [-0.25, -0.2) is 4.79 Å². The fourth-order valence-corrected chi connectivity index (χ4v) is 4.86. The van der Waals surface area contributed by atoms with E-state index in [0.29, 0.717) is 35.4 Å². The Morgan fingerprint density at radius 1 is 1.00 bits per heavy atom. The Bertz CT molecular complexity index is 1380. The molecule has 1 fully saturated rings. The number of rotatable bonds is 5. The summed E-state index contributed by atoms with van der Waals surface area (Å²) in [6.07, 6.45) is 0.447. The zero-order valence-corrected chi connectivity index (χ0v) is 20.2. The number of carbonyl (C=O) groups excluding carboxylic acids is 1. The maximum atomic E-state index is 13.4. The van der Waals surface area contributed by atoms with Crippen LogP contribution in [0.3, 0.4) is 0 Å². The van der Waals surface area contributed by atoms with Crippen LogP contribution < -0.4 is 9.47 Å². The lowest BCUT2D eigenvalue weighted by molar-refractivity contribution is 0.135. The summed E-state index contributed by atoms with van der Waals surface area (Å²) in [5.74, 6) is 1.21. The summed E-state index contributed by atoms with van der Waals surface area (Å²) in [6.45, 7) is 1.79. The van der Waals surface area contributed by atoms with E-state index in [1.165, 1.54) is 0 Å². The van der Waals surface area contributed by atoms with E-state index in [1.807, 2.05) is 42.5 Å². The van der Waals surface area contributed by atoms with E-state index in [2.05, 4.69) is 4.98 Å². The first kappa shape index (κ1) is 22.3. The molecular weight excluding hydrogens is 487 g/mol. The molecule has 6 rings (SSSR count). The molecule has 0 radical (unpaired) electrons. The second-order valence-corrected chi connectivity index (χ2v) is 9.58. The van der Waals surface area contributed by atoms with Crippen molar-refractivity contribution < 1.29 is 19.0 Å². The zero-order valence-electron chi connectivity index (χ0n) is 18.7. The van der Waals surface area contributed by atoms with Crippen molar-refractivity contribution in [3.63, 3.8) is 0 Å². The molecule has 2 atom stereocenters. The second-order valence-electron chi connectivity index (χ2n) is 8.71.